The Balaban J connectivity index is 0.000000503. The predicted octanol–water partition coefficient (Wildman–Crippen LogP) is -5.88. The molecule has 0 amide bonds. The van der Waals surface area contributed by atoms with Crippen LogP contribution in [-0.2, 0) is 30.5 Å². The quantitative estimate of drug-likeness (QED) is 0.126. The van der Waals surface area contributed by atoms with Crippen LogP contribution in [-0.4, -0.2) is 96.2 Å². The number of aromatic nitrogens is 2. The summed E-state index contributed by atoms with van der Waals surface area (Å²) in [5, 5.41) is 36.9. The van der Waals surface area contributed by atoms with Crippen LogP contribution in [0.2, 0.25) is 0 Å². The molecule has 208 valence electrons. The first-order chi connectivity index (χ1) is 17.9. The van der Waals surface area contributed by atoms with Crippen LogP contribution < -0.4 is 25.7 Å². The van der Waals surface area contributed by atoms with E-state index in [9.17, 15) is 4.79 Å². The molecule has 15 nitrogen and oxygen atoms in total. The van der Waals surface area contributed by atoms with Gasteiger partial charge < -0.3 is 50.3 Å². The highest BCUT2D eigenvalue weighted by Crippen LogP contribution is 2.12. The molecule has 0 spiro atoms. The van der Waals surface area contributed by atoms with Crippen LogP contribution >= 0.6 is 0 Å². The van der Waals surface area contributed by atoms with Crippen LogP contribution in [0.4, 0.5) is 5.82 Å². The number of carboxylic acid groups (broad SMARTS) is 4. The van der Waals surface area contributed by atoms with Crippen molar-refractivity contribution in [3.8, 4) is 0 Å². The smallest absolute Gasteiger partial charge is 0.351 e. The summed E-state index contributed by atoms with van der Waals surface area (Å²) in [6.07, 6.45) is 2.54. The molecule has 2 heterocycles. The van der Waals surface area contributed by atoms with E-state index in [2.05, 4.69) is 12.1 Å². The minimum atomic E-state index is -2.07. The van der Waals surface area contributed by atoms with Crippen LogP contribution in [0, 0.1) is 0 Å². The highest BCUT2D eigenvalue weighted by Gasteiger charge is 2.20. The van der Waals surface area contributed by atoms with E-state index in [4.69, 9.17) is 50.1 Å². The third-order valence-electron chi connectivity index (χ3n) is 5.27. The zero-order chi connectivity index (χ0) is 28.7. The van der Waals surface area contributed by atoms with E-state index in [1.165, 1.54) is 26.2 Å². The Bertz CT molecular complexity index is 1030. The number of nitrogens with one attached hydrogen (secondary N) is 2. The number of likely N-dealkylation sites (N-methyl/N-ethyl adjacent to an activating group) is 1. The molecule has 0 unspecified atom stereocenters. The molecule has 38 heavy (non-hydrogen) atoms. The molecule has 0 aliphatic carbocycles. The summed E-state index contributed by atoms with van der Waals surface area (Å²) in [5.74, 6) is -8.19. The van der Waals surface area contributed by atoms with E-state index in [1.54, 1.807) is 20.7 Å². The van der Waals surface area contributed by atoms with Gasteiger partial charge in [0.05, 0.1) is 26.7 Å². The number of carboxylic acids is 4. The lowest BCUT2D eigenvalue weighted by atomic mass is 10.2. The number of esters is 1. The monoisotopic (exact) mass is 537 g/mol. The normalized spacial score (nSPS) is 16.0. The van der Waals surface area contributed by atoms with E-state index in [0.29, 0.717) is 18.7 Å². The van der Waals surface area contributed by atoms with E-state index in [1.807, 2.05) is 30.3 Å². The Morgan fingerprint density at radius 1 is 1.00 bits per heavy atom. The Morgan fingerprint density at radius 3 is 2.03 bits per heavy atom. The maximum Gasteiger partial charge on any atom is 0.351 e. The number of piperazine rings is 1. The molecule has 1 aromatic heterocycles. The second-order valence-corrected chi connectivity index (χ2v) is 8.24. The number of hydrogen-bond donors (Lipinski definition) is 5. The number of nitrogens with two attached hydrogens (primary N) is 1. The van der Waals surface area contributed by atoms with Crippen molar-refractivity contribution in [2.45, 2.75) is 13.0 Å². The van der Waals surface area contributed by atoms with Gasteiger partial charge in [-0.25, -0.2) is 14.4 Å². The molecular weight excluding hydrogens is 506 g/mol. The highest BCUT2D eigenvalue weighted by molar-refractivity contribution is 6.26. The Labute approximate surface area is 217 Å². The zero-order valence-corrected chi connectivity index (χ0v) is 20.8. The number of hydrogen-bond acceptors (Lipinski definition) is 10. The standard InChI is InChI=1S/C19H27N5O2.2C2H2O4/c1-22-9-11-23(12-10-22)8-5-13-26-19(25)17-15-24(21-18(17)20)14-16-6-3-2-4-7-16;2*3-1(4)2(5)6/h2-4,6-7,15H,5,8-14H2,1H3,(H2,20,21);2*(H,3,4)(H,5,6). The van der Waals surface area contributed by atoms with Crippen LogP contribution in [0.5, 0.6) is 0 Å². The summed E-state index contributed by atoms with van der Waals surface area (Å²) < 4.78 is 7.07. The summed E-state index contributed by atoms with van der Waals surface area (Å²) in [6.45, 7) is 6.86. The van der Waals surface area contributed by atoms with Gasteiger partial charge in [0.25, 0.3) is 0 Å². The molecule has 2 aromatic rings. The second-order valence-electron chi connectivity index (χ2n) is 8.24. The molecule has 0 radical (unpaired) electrons. The maximum absolute atomic E-state index is 12.3. The third-order valence-corrected chi connectivity index (χ3v) is 5.27. The van der Waals surface area contributed by atoms with Gasteiger partial charge in [-0.3, -0.25) is 4.68 Å². The van der Waals surface area contributed by atoms with Crippen LogP contribution in [0.3, 0.4) is 0 Å². The van der Waals surface area contributed by atoms with Crippen molar-refractivity contribution in [2.24, 2.45) is 0 Å². The molecule has 15 heteroatoms. The number of ether oxygens (including phenoxy) is 1. The Hall–Kier alpha value is -4.50. The fourth-order valence-electron chi connectivity index (χ4n) is 3.29. The summed E-state index contributed by atoms with van der Waals surface area (Å²) >= 11 is 0. The number of quaternary nitrogens is 2. The fourth-order valence-corrected chi connectivity index (χ4v) is 3.29. The molecule has 0 bridgehead atoms. The topological polar surface area (TPSA) is 234 Å². The Kier molecular flexibility index (Phi) is 13.5. The molecule has 6 N–H and O–H groups in total. The summed E-state index contributed by atoms with van der Waals surface area (Å²) in [7, 11) is 2.24. The molecule has 1 aromatic carbocycles. The third kappa shape index (κ3) is 12.5. The number of carbonyl (C=O) groups is 5. The van der Waals surface area contributed by atoms with Crippen molar-refractivity contribution in [1.82, 2.24) is 9.78 Å². The molecular formula is C23H31N5O10. The van der Waals surface area contributed by atoms with Gasteiger partial charge in [-0.15, -0.1) is 0 Å². The molecule has 1 fully saturated rings. The van der Waals surface area contributed by atoms with Gasteiger partial charge in [-0.05, 0) is 5.56 Å². The summed E-state index contributed by atoms with van der Waals surface area (Å²) in [6, 6.07) is 9.94. The minimum Gasteiger partial charge on any atom is -0.539 e. The number of anilines is 1. The number of benzene rings is 1. The molecule has 1 aliphatic rings. The average molecular weight is 538 g/mol. The second kappa shape index (κ2) is 16.3. The Morgan fingerprint density at radius 2 is 1.53 bits per heavy atom. The van der Waals surface area contributed by atoms with E-state index >= 15 is 0 Å². The van der Waals surface area contributed by atoms with Crippen LogP contribution in [0.15, 0.2) is 36.5 Å². The summed E-state index contributed by atoms with van der Waals surface area (Å²) in [5.41, 5.74) is 7.34. The minimum absolute atomic E-state index is 0.221. The van der Waals surface area contributed by atoms with Crippen molar-refractivity contribution in [3.05, 3.63) is 47.7 Å². The molecule has 1 saturated heterocycles. The first-order valence-electron chi connectivity index (χ1n) is 11.5. The van der Waals surface area contributed by atoms with Gasteiger partial charge in [-0.1, -0.05) is 30.3 Å². The van der Waals surface area contributed by atoms with Crippen molar-refractivity contribution in [1.29, 1.82) is 0 Å². The van der Waals surface area contributed by atoms with Gasteiger partial charge in [0.1, 0.15) is 31.7 Å². The largest absolute Gasteiger partial charge is 0.539 e. The van der Waals surface area contributed by atoms with Crippen molar-refractivity contribution < 1.29 is 58.9 Å². The van der Waals surface area contributed by atoms with Crippen molar-refractivity contribution >= 4 is 35.7 Å². The van der Waals surface area contributed by atoms with Crippen molar-refractivity contribution in [3.63, 3.8) is 0 Å². The summed E-state index contributed by atoms with van der Waals surface area (Å²) in [4.78, 5) is 51.5. The van der Waals surface area contributed by atoms with Gasteiger partial charge in [0, 0.05) is 12.6 Å². The van der Waals surface area contributed by atoms with Gasteiger partial charge >= 0.3 is 17.9 Å². The molecule has 1 aliphatic heterocycles. The number of aliphatic carboxylic acids is 4. The molecule has 0 saturated carbocycles. The first kappa shape index (κ1) is 31.5. The SMILES string of the molecule is C[NH+]1CC[NH+](CCCOC(=O)c2cn(Cc3ccccc3)nc2N)CC1.O=C([O-])C(=O)O.O=C([O-])C(=O)O. The van der Waals surface area contributed by atoms with Gasteiger partial charge in [0.15, 0.2) is 17.8 Å². The fraction of sp³-hybridized carbons (Fsp3) is 0.391. The number of nitrogens with zero attached hydrogens (tertiary/aromatic N) is 2. The van der Waals surface area contributed by atoms with Crippen LogP contribution in [0.1, 0.15) is 22.3 Å². The maximum atomic E-state index is 12.3. The lowest BCUT2D eigenvalue weighted by molar-refractivity contribution is -1.00. The first-order valence-corrected chi connectivity index (χ1v) is 11.5. The molecule has 3 rings (SSSR count). The van der Waals surface area contributed by atoms with Gasteiger partial charge in [0.2, 0.25) is 0 Å². The zero-order valence-electron chi connectivity index (χ0n) is 20.8. The van der Waals surface area contributed by atoms with E-state index in [-0.39, 0.29) is 11.8 Å². The van der Waals surface area contributed by atoms with E-state index < -0.39 is 23.9 Å². The highest BCUT2D eigenvalue weighted by atomic mass is 16.5. The lowest BCUT2D eigenvalue weighted by Gasteiger charge is -2.27. The van der Waals surface area contributed by atoms with E-state index in [0.717, 1.165) is 18.5 Å². The number of nitrogen functional groups attached to an aromatic ring is 1. The van der Waals surface area contributed by atoms with Gasteiger partial charge in [-0.2, -0.15) is 5.10 Å². The number of rotatable bonds is 7. The molecule has 0 atom stereocenters. The average Bonchev–Trinajstić information content (AvgIpc) is 3.24. The van der Waals surface area contributed by atoms with Crippen molar-refractivity contribution in [2.75, 3.05) is 52.1 Å². The lowest BCUT2D eigenvalue weighted by Crippen LogP contribution is -3.27. The van der Waals surface area contributed by atoms with Crippen LogP contribution in [0.25, 0.3) is 0 Å². The predicted molar refractivity (Wildman–Crippen MR) is 125 cm³/mol. The number of carbonyl (C=O) groups excluding carboxylic acids is 3.